The Bertz CT molecular complexity index is 809. The number of hydrogen-bond acceptors (Lipinski definition) is 5. The minimum atomic E-state index is -0.485. The zero-order valence-corrected chi connectivity index (χ0v) is 19.8. The second-order valence-electron chi connectivity index (χ2n) is 10.1. The molecule has 1 aromatic rings. The summed E-state index contributed by atoms with van der Waals surface area (Å²) in [5, 5.41) is 0. The Balaban J connectivity index is 1.23. The molecule has 0 aromatic heterocycles. The van der Waals surface area contributed by atoms with Crippen molar-refractivity contribution < 1.29 is 13.9 Å². The van der Waals surface area contributed by atoms with E-state index in [4.69, 9.17) is 4.74 Å². The van der Waals surface area contributed by atoms with Gasteiger partial charge in [0.1, 0.15) is 17.7 Å². The van der Waals surface area contributed by atoms with E-state index in [1.165, 1.54) is 56.8 Å². The van der Waals surface area contributed by atoms with E-state index < -0.39 is 5.82 Å². The van der Waals surface area contributed by atoms with E-state index >= 15 is 0 Å². The van der Waals surface area contributed by atoms with Gasteiger partial charge < -0.3 is 4.74 Å². The Kier molecular flexibility index (Phi) is 7.24. The first-order valence-electron chi connectivity index (χ1n) is 12.6. The van der Waals surface area contributed by atoms with Crippen molar-refractivity contribution in [3.8, 4) is 5.75 Å². The van der Waals surface area contributed by atoms with Crippen LogP contribution < -0.4 is 9.46 Å². The molecule has 2 saturated carbocycles. The van der Waals surface area contributed by atoms with Crippen molar-refractivity contribution in [1.29, 1.82) is 0 Å². The number of hydrogen-bond donors (Lipinski definition) is 1. The molecule has 1 N–H and O–H groups in total. The molecule has 5 rings (SSSR count). The second kappa shape index (κ2) is 10.3. The molecular formula is C25H36FN3O2S. The van der Waals surface area contributed by atoms with Crippen molar-refractivity contribution in [3.05, 3.63) is 29.1 Å². The van der Waals surface area contributed by atoms with Gasteiger partial charge in [-0.1, -0.05) is 19.3 Å². The highest BCUT2D eigenvalue weighted by Gasteiger charge is 2.32. The number of likely N-dealkylation sites (tertiary alicyclic amines) is 1. The molecule has 4 fully saturated rings. The van der Waals surface area contributed by atoms with Crippen molar-refractivity contribution in [3.63, 3.8) is 0 Å². The highest BCUT2D eigenvalue weighted by Crippen LogP contribution is 2.45. The van der Waals surface area contributed by atoms with Crippen LogP contribution >= 0.6 is 12.1 Å². The lowest BCUT2D eigenvalue weighted by atomic mass is 9.88. The van der Waals surface area contributed by atoms with E-state index in [-0.39, 0.29) is 17.6 Å². The van der Waals surface area contributed by atoms with Gasteiger partial charge in [0.15, 0.2) is 0 Å². The molecule has 176 valence electrons. The molecule has 0 unspecified atom stereocenters. The summed E-state index contributed by atoms with van der Waals surface area (Å²) in [6, 6.07) is 3.22. The molecule has 0 spiro atoms. The fourth-order valence-corrected chi connectivity index (χ4v) is 6.05. The molecule has 32 heavy (non-hydrogen) atoms. The van der Waals surface area contributed by atoms with Crippen molar-refractivity contribution in [2.24, 2.45) is 5.92 Å². The van der Waals surface area contributed by atoms with Crippen LogP contribution in [0.5, 0.6) is 5.75 Å². The summed E-state index contributed by atoms with van der Waals surface area (Å²) in [5.41, 5.74) is 1.14. The zero-order chi connectivity index (χ0) is 21.9. The van der Waals surface area contributed by atoms with Crippen LogP contribution in [0.15, 0.2) is 12.1 Å². The Morgan fingerprint density at radius 3 is 2.56 bits per heavy atom. The second-order valence-corrected chi connectivity index (χ2v) is 11.0. The van der Waals surface area contributed by atoms with Crippen molar-refractivity contribution >= 4 is 18.0 Å². The summed E-state index contributed by atoms with van der Waals surface area (Å²) in [6.07, 6.45) is 12.4. The summed E-state index contributed by atoms with van der Waals surface area (Å²) >= 11 is 1.28. The van der Waals surface area contributed by atoms with Gasteiger partial charge in [-0.05, 0) is 75.0 Å². The number of piperidine rings is 1. The van der Waals surface area contributed by atoms with E-state index in [1.54, 1.807) is 6.07 Å². The molecule has 2 saturated heterocycles. The average Bonchev–Trinajstić information content (AvgIpc) is 3.59. The number of benzene rings is 1. The lowest BCUT2D eigenvalue weighted by molar-refractivity contribution is 0.0729. The topological polar surface area (TPSA) is 44.8 Å². The molecule has 1 aromatic carbocycles. The maximum atomic E-state index is 15.0. The molecule has 0 radical (unpaired) electrons. The molecule has 0 bridgehead atoms. The molecule has 1 amide bonds. The number of halogens is 1. The number of nitrogens with one attached hydrogen (secondary N) is 1. The fourth-order valence-electron chi connectivity index (χ4n) is 5.29. The van der Waals surface area contributed by atoms with Crippen LogP contribution in [0.2, 0.25) is 0 Å². The smallest absolute Gasteiger partial charge is 0.265 e. The summed E-state index contributed by atoms with van der Waals surface area (Å²) in [5.74, 6) is 1.03. The Labute approximate surface area is 195 Å². The van der Waals surface area contributed by atoms with Crippen LogP contribution in [-0.4, -0.2) is 53.9 Å². The lowest BCUT2D eigenvalue weighted by Gasteiger charge is -2.36. The van der Waals surface area contributed by atoms with Crippen LogP contribution in [0.25, 0.3) is 0 Å². The van der Waals surface area contributed by atoms with Gasteiger partial charge in [0.25, 0.3) is 5.91 Å². The summed E-state index contributed by atoms with van der Waals surface area (Å²) in [4.78, 5) is 15.2. The number of carbonyl (C=O) groups is 1. The highest BCUT2D eigenvalue weighted by atomic mass is 32.2. The Morgan fingerprint density at radius 2 is 1.84 bits per heavy atom. The predicted molar refractivity (Wildman–Crippen MR) is 126 cm³/mol. The minimum Gasteiger partial charge on any atom is -0.489 e. The first kappa shape index (κ1) is 22.5. The number of nitrogens with zero attached hydrogens (tertiary/aromatic N) is 2. The zero-order valence-electron chi connectivity index (χ0n) is 19.0. The largest absolute Gasteiger partial charge is 0.489 e. The molecule has 2 aliphatic carbocycles. The van der Waals surface area contributed by atoms with Gasteiger partial charge in [-0.25, -0.2) is 8.70 Å². The standard InChI is InChI=1S/C25H36FN3O2S/c26-23-15-24(31-20-8-4-11-28(17-20)16-18-6-2-1-3-7-18)21(19-9-10-19)14-22(23)25(30)27-32-29-12-5-13-29/h14-15,18-20H,1-13,16-17H2,(H,27,30)/t20-/m1/s1. The SMILES string of the molecule is O=C(NSN1CCC1)c1cc(C2CC2)c(O[C@@H]2CCCN(CC3CCCCC3)C2)cc1F. The van der Waals surface area contributed by atoms with Crippen LogP contribution in [0.1, 0.15) is 86.0 Å². The third-order valence-corrected chi connectivity index (χ3v) is 8.34. The molecule has 2 aliphatic heterocycles. The van der Waals surface area contributed by atoms with Gasteiger partial charge in [0.05, 0.1) is 5.56 Å². The minimum absolute atomic E-state index is 0.103. The molecule has 1 atom stereocenters. The molecule has 2 heterocycles. The van der Waals surface area contributed by atoms with Gasteiger partial charge in [0, 0.05) is 44.4 Å². The Morgan fingerprint density at radius 1 is 1.03 bits per heavy atom. The monoisotopic (exact) mass is 461 g/mol. The quantitative estimate of drug-likeness (QED) is 0.544. The van der Waals surface area contributed by atoms with E-state index in [9.17, 15) is 9.18 Å². The van der Waals surface area contributed by atoms with E-state index in [2.05, 4.69) is 13.9 Å². The van der Waals surface area contributed by atoms with Crippen LogP contribution in [-0.2, 0) is 0 Å². The van der Waals surface area contributed by atoms with Crippen molar-refractivity contribution in [2.45, 2.75) is 76.2 Å². The first-order valence-corrected chi connectivity index (χ1v) is 13.4. The van der Waals surface area contributed by atoms with Gasteiger partial charge in [-0.15, -0.1) is 0 Å². The van der Waals surface area contributed by atoms with Gasteiger partial charge in [-0.2, -0.15) is 0 Å². The molecule has 5 nitrogen and oxygen atoms in total. The van der Waals surface area contributed by atoms with Gasteiger partial charge in [-0.3, -0.25) is 14.4 Å². The van der Waals surface area contributed by atoms with Crippen LogP contribution in [0, 0.1) is 11.7 Å². The summed E-state index contributed by atoms with van der Waals surface area (Å²) in [6.45, 7) is 5.18. The van der Waals surface area contributed by atoms with E-state index in [0.29, 0.717) is 11.7 Å². The van der Waals surface area contributed by atoms with Crippen molar-refractivity contribution in [1.82, 2.24) is 13.9 Å². The maximum absolute atomic E-state index is 15.0. The van der Waals surface area contributed by atoms with Crippen molar-refractivity contribution in [2.75, 3.05) is 32.7 Å². The molecule has 4 aliphatic rings. The van der Waals surface area contributed by atoms with Gasteiger partial charge >= 0.3 is 0 Å². The summed E-state index contributed by atoms with van der Waals surface area (Å²) < 4.78 is 26.2. The third kappa shape index (κ3) is 5.60. The van der Waals surface area contributed by atoms with Crippen LogP contribution in [0.3, 0.4) is 0 Å². The number of ether oxygens (including phenoxy) is 1. The van der Waals surface area contributed by atoms with Gasteiger partial charge in [0.2, 0.25) is 0 Å². The highest BCUT2D eigenvalue weighted by molar-refractivity contribution is 7.95. The molecular weight excluding hydrogens is 425 g/mol. The number of amides is 1. The maximum Gasteiger partial charge on any atom is 0.265 e. The first-order chi connectivity index (χ1) is 15.7. The average molecular weight is 462 g/mol. The van der Waals surface area contributed by atoms with Crippen LogP contribution in [0.4, 0.5) is 4.39 Å². The Hall–Kier alpha value is -1.31. The van der Waals surface area contributed by atoms with E-state index in [0.717, 1.165) is 69.8 Å². The number of carbonyl (C=O) groups excluding carboxylic acids is 1. The number of rotatable bonds is 8. The summed E-state index contributed by atoms with van der Waals surface area (Å²) in [7, 11) is 0. The predicted octanol–water partition coefficient (Wildman–Crippen LogP) is 5.13. The lowest BCUT2D eigenvalue weighted by Crippen LogP contribution is -2.43. The van der Waals surface area contributed by atoms with E-state index in [1.807, 2.05) is 0 Å². The normalized spacial score (nSPS) is 25.3. The molecule has 7 heteroatoms. The fraction of sp³-hybridized carbons (Fsp3) is 0.720. The third-order valence-electron chi connectivity index (χ3n) is 7.44.